The SMILES string of the molecule is O=C(CNC(=O)c1ccc(Cl)cc1Cl)NCC(=O)OCC(=O)Nc1ccon1. The van der Waals surface area contributed by atoms with Crippen molar-refractivity contribution in [2.75, 3.05) is 25.0 Å². The number of nitrogens with one attached hydrogen (secondary N) is 3. The average molecular weight is 429 g/mol. The van der Waals surface area contributed by atoms with Crippen molar-refractivity contribution in [3.05, 3.63) is 46.1 Å². The van der Waals surface area contributed by atoms with Crippen molar-refractivity contribution in [3.63, 3.8) is 0 Å². The Balaban J connectivity index is 1.65. The summed E-state index contributed by atoms with van der Waals surface area (Å²) in [5, 5.41) is 10.9. The fourth-order valence-electron chi connectivity index (χ4n) is 1.82. The maximum absolute atomic E-state index is 12.0. The molecule has 12 heteroatoms. The lowest BCUT2D eigenvalue weighted by molar-refractivity contribution is -0.147. The molecule has 0 aliphatic carbocycles. The number of nitrogens with zero attached hydrogens (tertiary/aromatic N) is 1. The van der Waals surface area contributed by atoms with Crippen LogP contribution >= 0.6 is 23.2 Å². The Morgan fingerprint density at radius 3 is 2.50 bits per heavy atom. The van der Waals surface area contributed by atoms with E-state index >= 15 is 0 Å². The van der Waals surface area contributed by atoms with Crippen LogP contribution in [0.3, 0.4) is 0 Å². The summed E-state index contributed by atoms with van der Waals surface area (Å²) in [5.74, 6) is -2.51. The van der Waals surface area contributed by atoms with E-state index in [0.29, 0.717) is 5.02 Å². The average Bonchev–Trinajstić information content (AvgIpc) is 3.15. The van der Waals surface area contributed by atoms with E-state index in [0.717, 1.165) is 0 Å². The van der Waals surface area contributed by atoms with Gasteiger partial charge in [-0.05, 0) is 18.2 Å². The van der Waals surface area contributed by atoms with E-state index in [-0.39, 0.29) is 16.4 Å². The van der Waals surface area contributed by atoms with Crippen LogP contribution in [0.2, 0.25) is 10.0 Å². The van der Waals surface area contributed by atoms with Gasteiger partial charge in [-0.15, -0.1) is 0 Å². The second-order valence-corrected chi connectivity index (χ2v) is 6.02. The lowest BCUT2D eigenvalue weighted by atomic mass is 10.2. The number of ether oxygens (including phenoxy) is 1. The number of hydrogen-bond donors (Lipinski definition) is 3. The van der Waals surface area contributed by atoms with Crippen LogP contribution in [-0.4, -0.2) is 48.5 Å². The van der Waals surface area contributed by atoms with Crippen molar-refractivity contribution in [2.24, 2.45) is 0 Å². The normalized spacial score (nSPS) is 10.1. The number of rotatable bonds is 8. The summed E-state index contributed by atoms with van der Waals surface area (Å²) in [5.41, 5.74) is 0.149. The summed E-state index contributed by atoms with van der Waals surface area (Å²) < 4.78 is 9.21. The number of halogens is 2. The Hall–Kier alpha value is -3.11. The minimum Gasteiger partial charge on any atom is -0.454 e. The molecule has 0 unspecified atom stereocenters. The predicted molar refractivity (Wildman–Crippen MR) is 97.9 cm³/mol. The number of carbonyl (C=O) groups is 4. The topological polar surface area (TPSA) is 140 Å². The monoisotopic (exact) mass is 428 g/mol. The number of carbonyl (C=O) groups excluding carboxylic acids is 4. The van der Waals surface area contributed by atoms with Gasteiger partial charge in [-0.3, -0.25) is 19.2 Å². The van der Waals surface area contributed by atoms with Crippen molar-refractivity contribution in [1.82, 2.24) is 15.8 Å². The molecule has 2 rings (SSSR count). The van der Waals surface area contributed by atoms with Gasteiger partial charge in [0.15, 0.2) is 12.4 Å². The van der Waals surface area contributed by atoms with Gasteiger partial charge in [0.2, 0.25) is 5.91 Å². The second-order valence-electron chi connectivity index (χ2n) is 5.18. The Morgan fingerprint density at radius 2 is 1.82 bits per heavy atom. The Morgan fingerprint density at radius 1 is 1.04 bits per heavy atom. The Bertz CT molecular complexity index is 872. The van der Waals surface area contributed by atoms with Gasteiger partial charge in [-0.2, -0.15) is 0 Å². The van der Waals surface area contributed by atoms with Crippen LogP contribution in [0.5, 0.6) is 0 Å². The lowest BCUT2D eigenvalue weighted by Crippen LogP contribution is -2.39. The molecule has 0 saturated heterocycles. The van der Waals surface area contributed by atoms with Crippen molar-refractivity contribution < 1.29 is 28.4 Å². The molecule has 0 radical (unpaired) electrons. The van der Waals surface area contributed by atoms with Gasteiger partial charge in [0.1, 0.15) is 12.8 Å². The third-order valence-electron chi connectivity index (χ3n) is 3.08. The summed E-state index contributed by atoms with van der Waals surface area (Å²) in [7, 11) is 0. The molecule has 3 N–H and O–H groups in total. The van der Waals surface area contributed by atoms with Crippen molar-refractivity contribution in [3.8, 4) is 0 Å². The molecule has 0 spiro atoms. The van der Waals surface area contributed by atoms with Gasteiger partial charge in [0, 0.05) is 11.1 Å². The molecular weight excluding hydrogens is 415 g/mol. The maximum atomic E-state index is 12.0. The van der Waals surface area contributed by atoms with E-state index in [1.165, 1.54) is 30.5 Å². The van der Waals surface area contributed by atoms with Crippen LogP contribution in [0, 0.1) is 0 Å². The number of amides is 3. The first-order valence-corrected chi connectivity index (χ1v) is 8.46. The second kappa shape index (κ2) is 10.3. The number of hydrogen-bond acceptors (Lipinski definition) is 7. The van der Waals surface area contributed by atoms with Gasteiger partial charge >= 0.3 is 5.97 Å². The number of esters is 1. The fraction of sp³-hybridized carbons (Fsp3) is 0.188. The first kappa shape index (κ1) is 21.2. The summed E-state index contributed by atoms with van der Waals surface area (Å²) in [6, 6.07) is 5.70. The van der Waals surface area contributed by atoms with Gasteiger partial charge in [-0.25, -0.2) is 0 Å². The van der Waals surface area contributed by atoms with Gasteiger partial charge in [0.05, 0.1) is 17.1 Å². The van der Waals surface area contributed by atoms with E-state index in [4.69, 9.17) is 23.2 Å². The maximum Gasteiger partial charge on any atom is 0.325 e. The van der Waals surface area contributed by atoms with E-state index in [1.54, 1.807) is 0 Å². The third kappa shape index (κ3) is 6.89. The van der Waals surface area contributed by atoms with E-state index in [9.17, 15) is 19.2 Å². The highest BCUT2D eigenvalue weighted by molar-refractivity contribution is 6.36. The Kier molecular flexibility index (Phi) is 7.78. The molecule has 28 heavy (non-hydrogen) atoms. The smallest absolute Gasteiger partial charge is 0.325 e. The molecule has 3 amide bonds. The zero-order valence-electron chi connectivity index (χ0n) is 14.2. The first-order valence-electron chi connectivity index (χ1n) is 7.71. The van der Waals surface area contributed by atoms with Crippen LogP contribution in [0.25, 0.3) is 0 Å². The summed E-state index contributed by atoms with van der Waals surface area (Å²) >= 11 is 11.6. The van der Waals surface area contributed by atoms with Crippen molar-refractivity contribution >= 4 is 52.7 Å². The van der Waals surface area contributed by atoms with Crippen LogP contribution in [0.15, 0.2) is 35.1 Å². The van der Waals surface area contributed by atoms with E-state index in [2.05, 4.69) is 30.4 Å². The highest BCUT2D eigenvalue weighted by Crippen LogP contribution is 2.20. The van der Waals surface area contributed by atoms with Crippen LogP contribution < -0.4 is 16.0 Å². The highest BCUT2D eigenvalue weighted by Gasteiger charge is 2.13. The van der Waals surface area contributed by atoms with E-state index < -0.39 is 43.4 Å². The van der Waals surface area contributed by atoms with E-state index in [1.807, 2.05) is 0 Å². The van der Waals surface area contributed by atoms with Gasteiger partial charge in [-0.1, -0.05) is 28.4 Å². The molecule has 0 saturated carbocycles. The van der Waals surface area contributed by atoms with Crippen LogP contribution in [-0.2, 0) is 19.1 Å². The van der Waals surface area contributed by atoms with Crippen molar-refractivity contribution in [2.45, 2.75) is 0 Å². The summed E-state index contributed by atoms with van der Waals surface area (Å²) in [4.78, 5) is 46.7. The minimum atomic E-state index is -0.837. The summed E-state index contributed by atoms with van der Waals surface area (Å²) in [6.07, 6.45) is 1.26. The van der Waals surface area contributed by atoms with Gasteiger partial charge < -0.3 is 25.2 Å². The zero-order chi connectivity index (χ0) is 20.5. The van der Waals surface area contributed by atoms with Crippen LogP contribution in [0.4, 0.5) is 5.82 Å². The molecular formula is C16H14Cl2N4O6. The van der Waals surface area contributed by atoms with Crippen molar-refractivity contribution in [1.29, 1.82) is 0 Å². The number of anilines is 1. The number of aromatic nitrogens is 1. The highest BCUT2D eigenvalue weighted by atomic mass is 35.5. The molecule has 148 valence electrons. The first-order chi connectivity index (χ1) is 13.3. The minimum absolute atomic E-state index is 0.137. The molecule has 0 bridgehead atoms. The largest absolute Gasteiger partial charge is 0.454 e. The third-order valence-corrected chi connectivity index (χ3v) is 3.63. The fourth-order valence-corrected chi connectivity index (χ4v) is 2.31. The molecule has 0 aliphatic heterocycles. The van der Waals surface area contributed by atoms with Crippen LogP contribution in [0.1, 0.15) is 10.4 Å². The predicted octanol–water partition coefficient (Wildman–Crippen LogP) is 1.01. The quantitative estimate of drug-likeness (QED) is 0.532. The summed E-state index contributed by atoms with van der Waals surface area (Å²) in [6.45, 7) is -1.43. The molecule has 0 atom stereocenters. The molecule has 0 aliphatic rings. The molecule has 1 aromatic heterocycles. The molecule has 0 fully saturated rings. The lowest BCUT2D eigenvalue weighted by Gasteiger charge is -2.08. The molecule has 10 nitrogen and oxygen atoms in total. The molecule has 1 aromatic carbocycles. The Labute approximate surface area is 168 Å². The zero-order valence-corrected chi connectivity index (χ0v) is 15.7. The molecule has 1 heterocycles. The molecule has 2 aromatic rings. The standard InChI is InChI=1S/C16H14Cl2N4O6/c17-9-1-2-10(11(18)5-9)16(26)20-6-13(23)19-7-15(25)27-8-14(24)21-12-3-4-28-22-12/h1-5H,6-8H2,(H,19,23)(H,20,26)(H,21,22,24). The number of benzene rings is 1. The van der Waals surface area contributed by atoms with Gasteiger partial charge in [0.25, 0.3) is 11.8 Å².